The van der Waals surface area contributed by atoms with Gasteiger partial charge in [-0.05, 0) is 53.6 Å². The molecule has 0 aliphatic rings. The zero-order valence-electron chi connectivity index (χ0n) is 10.4. The van der Waals surface area contributed by atoms with Gasteiger partial charge in [-0.3, -0.25) is 4.90 Å². The van der Waals surface area contributed by atoms with Gasteiger partial charge in [0.1, 0.15) is 0 Å². The van der Waals surface area contributed by atoms with Gasteiger partial charge in [0.05, 0.1) is 5.02 Å². The van der Waals surface area contributed by atoms with Crippen LogP contribution in [0.4, 0.5) is 0 Å². The van der Waals surface area contributed by atoms with Gasteiger partial charge in [0.2, 0.25) is 0 Å². The molecular formula is C13H20BrClN2. The Bertz CT molecular complexity index is 357. The molecule has 4 heteroatoms. The quantitative estimate of drug-likeness (QED) is 0.863. The van der Waals surface area contributed by atoms with Crippen LogP contribution in [0.1, 0.15) is 31.4 Å². The number of hydrogen-bond donors (Lipinski definition) is 1. The summed E-state index contributed by atoms with van der Waals surface area (Å²) in [6.07, 6.45) is 2.39. The van der Waals surface area contributed by atoms with E-state index in [9.17, 15) is 0 Å². The minimum absolute atomic E-state index is 0.243. The van der Waals surface area contributed by atoms with E-state index in [1.807, 2.05) is 12.1 Å². The molecule has 0 spiro atoms. The van der Waals surface area contributed by atoms with Crippen molar-refractivity contribution in [3.8, 4) is 0 Å². The van der Waals surface area contributed by atoms with E-state index in [1.54, 1.807) is 0 Å². The lowest BCUT2D eigenvalue weighted by Gasteiger charge is -2.27. The third-order valence-electron chi connectivity index (χ3n) is 2.95. The first-order valence-electron chi connectivity index (χ1n) is 5.95. The smallest absolute Gasteiger partial charge is 0.0551 e. The van der Waals surface area contributed by atoms with Gasteiger partial charge >= 0.3 is 0 Å². The molecule has 0 amide bonds. The van der Waals surface area contributed by atoms with Crippen molar-refractivity contribution >= 4 is 27.5 Å². The topological polar surface area (TPSA) is 29.3 Å². The van der Waals surface area contributed by atoms with E-state index in [1.165, 1.54) is 18.4 Å². The van der Waals surface area contributed by atoms with E-state index in [0.717, 1.165) is 16.0 Å². The van der Waals surface area contributed by atoms with E-state index in [-0.39, 0.29) is 6.04 Å². The van der Waals surface area contributed by atoms with E-state index < -0.39 is 0 Å². The third kappa shape index (κ3) is 4.25. The van der Waals surface area contributed by atoms with Crippen LogP contribution in [0.5, 0.6) is 0 Å². The molecule has 17 heavy (non-hydrogen) atoms. The van der Waals surface area contributed by atoms with Gasteiger partial charge in [0.25, 0.3) is 0 Å². The molecule has 0 aliphatic heterocycles. The molecule has 0 fully saturated rings. The number of halogens is 2. The molecule has 1 unspecified atom stereocenters. The van der Waals surface area contributed by atoms with Crippen molar-refractivity contribution in [1.82, 2.24) is 4.90 Å². The number of likely N-dealkylation sites (N-methyl/N-ethyl adjacent to an activating group) is 1. The molecule has 0 radical (unpaired) electrons. The number of nitrogens with two attached hydrogens (primary N) is 1. The molecule has 1 atom stereocenters. The SMILES string of the molecule is CCCCN(C)C(CN)c1ccc(Br)c(Cl)c1. The predicted molar refractivity (Wildman–Crippen MR) is 78.5 cm³/mol. The van der Waals surface area contributed by atoms with Crippen LogP contribution in [0.25, 0.3) is 0 Å². The Labute approximate surface area is 117 Å². The summed E-state index contributed by atoms with van der Waals surface area (Å²) in [4.78, 5) is 2.29. The van der Waals surface area contributed by atoms with E-state index in [2.05, 4.69) is 40.9 Å². The van der Waals surface area contributed by atoms with Crippen molar-refractivity contribution in [2.24, 2.45) is 5.73 Å². The minimum Gasteiger partial charge on any atom is -0.329 e. The summed E-state index contributed by atoms with van der Waals surface area (Å²) in [5, 5.41) is 0.741. The highest BCUT2D eigenvalue weighted by molar-refractivity contribution is 9.10. The number of benzene rings is 1. The van der Waals surface area contributed by atoms with Crippen molar-refractivity contribution < 1.29 is 0 Å². The maximum absolute atomic E-state index is 6.12. The number of rotatable bonds is 6. The maximum Gasteiger partial charge on any atom is 0.0551 e. The summed E-state index contributed by atoms with van der Waals surface area (Å²) < 4.78 is 0.926. The lowest BCUT2D eigenvalue weighted by atomic mass is 10.1. The summed E-state index contributed by atoms with van der Waals surface area (Å²) >= 11 is 9.52. The molecule has 96 valence electrons. The van der Waals surface area contributed by atoms with Crippen LogP contribution in [0.3, 0.4) is 0 Å². The Morgan fingerprint density at radius 3 is 2.71 bits per heavy atom. The van der Waals surface area contributed by atoms with Crippen LogP contribution in [-0.4, -0.2) is 25.0 Å². The fourth-order valence-corrected chi connectivity index (χ4v) is 2.29. The van der Waals surface area contributed by atoms with Crippen molar-refractivity contribution in [2.45, 2.75) is 25.8 Å². The van der Waals surface area contributed by atoms with Gasteiger partial charge in [-0.15, -0.1) is 0 Å². The molecule has 0 aromatic heterocycles. The molecule has 2 N–H and O–H groups in total. The first-order valence-corrected chi connectivity index (χ1v) is 7.12. The van der Waals surface area contributed by atoms with Crippen molar-refractivity contribution in [2.75, 3.05) is 20.1 Å². The lowest BCUT2D eigenvalue weighted by molar-refractivity contribution is 0.246. The van der Waals surface area contributed by atoms with Crippen LogP contribution in [-0.2, 0) is 0 Å². The predicted octanol–water partition coefficient (Wildman–Crippen LogP) is 3.83. The monoisotopic (exact) mass is 318 g/mol. The number of nitrogens with zero attached hydrogens (tertiary/aromatic N) is 1. The Morgan fingerprint density at radius 2 is 2.18 bits per heavy atom. The maximum atomic E-state index is 6.12. The first-order chi connectivity index (χ1) is 8.10. The summed E-state index contributed by atoms with van der Waals surface area (Å²) in [6, 6.07) is 6.29. The van der Waals surface area contributed by atoms with Crippen molar-refractivity contribution in [3.05, 3.63) is 33.3 Å². The zero-order valence-corrected chi connectivity index (χ0v) is 12.8. The van der Waals surface area contributed by atoms with Gasteiger partial charge in [-0.25, -0.2) is 0 Å². The van der Waals surface area contributed by atoms with E-state index in [0.29, 0.717) is 6.54 Å². The summed E-state index contributed by atoms with van der Waals surface area (Å²) in [6.45, 7) is 3.87. The second kappa shape index (κ2) is 7.37. The lowest BCUT2D eigenvalue weighted by Crippen LogP contribution is -2.31. The average molecular weight is 320 g/mol. The highest BCUT2D eigenvalue weighted by atomic mass is 79.9. The van der Waals surface area contributed by atoms with Crippen molar-refractivity contribution in [3.63, 3.8) is 0 Å². The molecule has 0 saturated heterocycles. The minimum atomic E-state index is 0.243. The van der Waals surface area contributed by atoms with Crippen molar-refractivity contribution in [1.29, 1.82) is 0 Å². The molecule has 0 heterocycles. The second-order valence-corrected chi connectivity index (χ2v) is 5.52. The third-order valence-corrected chi connectivity index (χ3v) is 4.18. The van der Waals surface area contributed by atoms with Crippen LogP contribution >= 0.6 is 27.5 Å². The summed E-state index contributed by atoms with van der Waals surface area (Å²) in [5.41, 5.74) is 7.05. The molecule has 0 bridgehead atoms. The highest BCUT2D eigenvalue weighted by Crippen LogP contribution is 2.27. The summed E-state index contributed by atoms with van der Waals surface area (Å²) in [5.74, 6) is 0. The van der Waals surface area contributed by atoms with Crippen LogP contribution < -0.4 is 5.73 Å². The number of hydrogen-bond acceptors (Lipinski definition) is 2. The fraction of sp³-hybridized carbons (Fsp3) is 0.538. The zero-order chi connectivity index (χ0) is 12.8. The van der Waals surface area contributed by atoms with Gasteiger partial charge in [-0.2, -0.15) is 0 Å². The Balaban J connectivity index is 2.81. The van der Waals surface area contributed by atoms with Gasteiger partial charge < -0.3 is 5.73 Å². The molecule has 1 aromatic carbocycles. The first kappa shape index (κ1) is 15.0. The standard InChI is InChI=1S/C13H20BrClN2/c1-3-4-7-17(2)13(9-16)10-5-6-11(14)12(15)8-10/h5-6,8,13H,3-4,7,9,16H2,1-2H3. The Kier molecular flexibility index (Phi) is 6.49. The molecular weight excluding hydrogens is 300 g/mol. The molecule has 1 rings (SSSR count). The van der Waals surface area contributed by atoms with E-state index in [4.69, 9.17) is 17.3 Å². The van der Waals surface area contributed by atoms with Gasteiger partial charge in [0.15, 0.2) is 0 Å². The molecule has 2 nitrogen and oxygen atoms in total. The Hall–Kier alpha value is -0.0900. The van der Waals surface area contributed by atoms with Gasteiger partial charge in [0, 0.05) is 17.1 Å². The molecule has 0 saturated carbocycles. The highest BCUT2D eigenvalue weighted by Gasteiger charge is 2.15. The number of unbranched alkanes of at least 4 members (excludes halogenated alkanes) is 1. The Morgan fingerprint density at radius 1 is 1.47 bits per heavy atom. The second-order valence-electron chi connectivity index (χ2n) is 4.26. The summed E-state index contributed by atoms with van der Waals surface area (Å²) in [7, 11) is 2.11. The normalized spacial score (nSPS) is 13.1. The van der Waals surface area contributed by atoms with Crippen LogP contribution in [0.15, 0.2) is 22.7 Å². The molecule has 0 aliphatic carbocycles. The van der Waals surface area contributed by atoms with Crippen LogP contribution in [0, 0.1) is 0 Å². The fourth-order valence-electron chi connectivity index (χ4n) is 1.85. The molecule has 1 aromatic rings. The van der Waals surface area contributed by atoms with E-state index >= 15 is 0 Å². The average Bonchev–Trinajstić information content (AvgIpc) is 2.32. The van der Waals surface area contributed by atoms with Gasteiger partial charge in [-0.1, -0.05) is 31.0 Å². The largest absolute Gasteiger partial charge is 0.329 e. The van der Waals surface area contributed by atoms with Crippen LogP contribution in [0.2, 0.25) is 5.02 Å².